The average Bonchev–Trinajstić information content (AvgIpc) is 0. The van der Waals surface area contributed by atoms with E-state index in [-0.39, 0.29) is 78.5 Å². The second-order valence-corrected chi connectivity index (χ2v) is 0. The second kappa shape index (κ2) is 17.8. The molecule has 0 amide bonds. The molecule has 0 aliphatic heterocycles. The molecule has 0 rings (SSSR count). The smallest absolute Gasteiger partial charge is 0 e. The molecule has 4 heteroatoms. The van der Waals surface area contributed by atoms with E-state index in [1.807, 2.05) is 0 Å². The predicted molar refractivity (Wildman–Crippen MR) is 0 cm³/mol. The third-order valence-corrected chi connectivity index (χ3v) is 0. The standard InChI is InChI=1S/Ir.3Rh. The largest absolute Gasteiger partial charge is 0 e. The van der Waals surface area contributed by atoms with Gasteiger partial charge in [0.2, 0.25) is 0 Å². The first kappa shape index (κ1) is 31.3. The summed E-state index contributed by atoms with van der Waals surface area (Å²) >= 11 is 0. The van der Waals surface area contributed by atoms with Gasteiger partial charge in [-0.3, -0.25) is 0 Å². The van der Waals surface area contributed by atoms with Crippen molar-refractivity contribution in [2.24, 2.45) is 0 Å². The molecule has 0 aromatic carbocycles. The van der Waals surface area contributed by atoms with E-state index in [1.165, 1.54) is 0 Å². The Hall–Kier alpha value is 2.52. The third kappa shape index (κ3) is 8.82. The molecule has 0 aliphatic rings. The number of hydrogen-bond donors (Lipinski definition) is 0. The number of rotatable bonds is 0. The van der Waals surface area contributed by atoms with Crippen molar-refractivity contribution in [1.82, 2.24) is 0 Å². The second-order valence-electron chi connectivity index (χ2n) is 0. The van der Waals surface area contributed by atoms with Gasteiger partial charge >= 0.3 is 0 Å². The van der Waals surface area contributed by atoms with Crippen LogP contribution in [0.5, 0.6) is 0 Å². The van der Waals surface area contributed by atoms with Gasteiger partial charge in [-0.25, -0.2) is 0 Å². The van der Waals surface area contributed by atoms with Crippen molar-refractivity contribution in [2.45, 2.75) is 0 Å². The molecule has 0 bridgehead atoms. The Kier molecular flexibility index (Phi) is 139. The van der Waals surface area contributed by atoms with Gasteiger partial charge in [0.05, 0.1) is 0 Å². The van der Waals surface area contributed by atoms with Crippen molar-refractivity contribution in [3.05, 3.63) is 0 Å². The van der Waals surface area contributed by atoms with Gasteiger partial charge in [0.1, 0.15) is 0 Å². The minimum atomic E-state index is 0. The van der Waals surface area contributed by atoms with Crippen LogP contribution < -0.4 is 0 Å². The summed E-state index contributed by atoms with van der Waals surface area (Å²) in [6.45, 7) is 0. The van der Waals surface area contributed by atoms with Crippen molar-refractivity contribution in [1.29, 1.82) is 0 Å². The van der Waals surface area contributed by atoms with Crippen LogP contribution in [0.1, 0.15) is 0 Å². The van der Waals surface area contributed by atoms with E-state index in [2.05, 4.69) is 0 Å². The van der Waals surface area contributed by atoms with Crippen LogP contribution in [0.3, 0.4) is 0 Å². The fraction of sp³-hybridized carbons (Fsp3) is 0. The molecule has 0 atom stereocenters. The Morgan fingerprint density at radius 1 is 0.500 bits per heavy atom. The first-order valence-electron chi connectivity index (χ1n) is 0. The zero-order chi connectivity index (χ0) is 0. The minimum Gasteiger partial charge on any atom is 0 e. The Morgan fingerprint density at radius 2 is 0.500 bits per heavy atom. The molecular formula is IrRh3. The van der Waals surface area contributed by atoms with E-state index in [9.17, 15) is 0 Å². The van der Waals surface area contributed by atoms with Crippen molar-refractivity contribution in [3.63, 3.8) is 0 Å². The maximum absolute atomic E-state index is 0. The molecule has 4 radical (unpaired) electrons. The molecule has 36 valence electrons. The predicted octanol–water partition coefficient (Wildman–Crippen LogP) is -0.0100. The quantitative estimate of drug-likeness (QED) is 0.411. The minimum absolute atomic E-state index is 0. The first-order chi connectivity index (χ1) is 0. The molecule has 4 heavy (non-hydrogen) atoms. The van der Waals surface area contributed by atoms with E-state index in [4.69, 9.17) is 0 Å². The zero-order valence-electron chi connectivity index (χ0n) is 1.33. The van der Waals surface area contributed by atoms with Gasteiger partial charge in [-0.05, 0) is 0 Å². The van der Waals surface area contributed by atoms with Crippen molar-refractivity contribution in [3.8, 4) is 0 Å². The summed E-state index contributed by atoms with van der Waals surface area (Å²) in [5.41, 5.74) is 0. The molecule has 0 saturated heterocycles. The molecule has 0 aliphatic carbocycles. The summed E-state index contributed by atoms with van der Waals surface area (Å²) in [6, 6.07) is 0. The van der Waals surface area contributed by atoms with Crippen LogP contribution in [0, 0.1) is 0 Å². The van der Waals surface area contributed by atoms with Crippen LogP contribution in [0.4, 0.5) is 0 Å². The fourth-order valence-electron chi connectivity index (χ4n) is 0. The molecular weight excluding hydrogens is 501 g/mol. The van der Waals surface area contributed by atoms with Gasteiger partial charge in [-0.15, -0.1) is 0 Å². The topological polar surface area (TPSA) is 0 Å². The Balaban J connectivity index is 0. The summed E-state index contributed by atoms with van der Waals surface area (Å²) in [4.78, 5) is 0. The first-order valence-corrected chi connectivity index (χ1v) is 0. The average molecular weight is 501 g/mol. The molecule has 0 unspecified atom stereocenters. The van der Waals surface area contributed by atoms with Crippen molar-refractivity contribution < 1.29 is 78.5 Å². The van der Waals surface area contributed by atoms with Gasteiger partial charge < -0.3 is 0 Å². The molecule has 0 saturated carbocycles. The van der Waals surface area contributed by atoms with Gasteiger partial charge in [-0.2, -0.15) is 0 Å². The summed E-state index contributed by atoms with van der Waals surface area (Å²) in [5, 5.41) is 0. The van der Waals surface area contributed by atoms with Crippen LogP contribution in [-0.2, 0) is 78.5 Å². The Morgan fingerprint density at radius 3 is 0.500 bits per heavy atom. The summed E-state index contributed by atoms with van der Waals surface area (Å²) in [5.74, 6) is 0. The molecule has 0 heterocycles. The molecule has 0 spiro atoms. The van der Waals surface area contributed by atoms with E-state index in [0.717, 1.165) is 0 Å². The van der Waals surface area contributed by atoms with Crippen molar-refractivity contribution in [2.75, 3.05) is 0 Å². The normalized spacial score (nSPS) is 0. The monoisotopic (exact) mass is 502 g/mol. The van der Waals surface area contributed by atoms with Crippen LogP contribution >= 0.6 is 0 Å². The maximum Gasteiger partial charge on any atom is 0 e. The van der Waals surface area contributed by atoms with E-state index < -0.39 is 0 Å². The van der Waals surface area contributed by atoms with Gasteiger partial charge in [0.25, 0.3) is 0 Å². The van der Waals surface area contributed by atoms with Crippen LogP contribution in [0.2, 0.25) is 0 Å². The number of hydrogen-bond acceptors (Lipinski definition) is 0. The molecule has 0 aromatic heterocycles. The van der Waals surface area contributed by atoms with Crippen LogP contribution in [0.25, 0.3) is 0 Å². The van der Waals surface area contributed by atoms with Crippen LogP contribution in [-0.4, -0.2) is 0 Å². The third-order valence-electron chi connectivity index (χ3n) is 0. The van der Waals surface area contributed by atoms with E-state index in [0.29, 0.717) is 0 Å². The SMILES string of the molecule is [Ir].[Rh].[Rh].[Rh]. The molecule has 0 aromatic rings. The summed E-state index contributed by atoms with van der Waals surface area (Å²) in [7, 11) is 0. The van der Waals surface area contributed by atoms with Gasteiger partial charge in [0.15, 0.2) is 0 Å². The van der Waals surface area contributed by atoms with E-state index >= 15 is 0 Å². The summed E-state index contributed by atoms with van der Waals surface area (Å²) < 4.78 is 0. The zero-order valence-corrected chi connectivity index (χ0v) is 8.64. The van der Waals surface area contributed by atoms with Gasteiger partial charge in [0, 0.05) is 78.5 Å². The van der Waals surface area contributed by atoms with E-state index in [1.54, 1.807) is 0 Å². The molecule has 0 nitrogen and oxygen atoms in total. The maximum atomic E-state index is 0. The fourth-order valence-corrected chi connectivity index (χ4v) is 0. The van der Waals surface area contributed by atoms with Crippen molar-refractivity contribution >= 4 is 0 Å². The summed E-state index contributed by atoms with van der Waals surface area (Å²) in [6.07, 6.45) is 0. The van der Waals surface area contributed by atoms with Gasteiger partial charge in [-0.1, -0.05) is 0 Å². The van der Waals surface area contributed by atoms with Crippen LogP contribution in [0.15, 0.2) is 0 Å². The molecule has 0 N–H and O–H groups in total. The Labute approximate surface area is 77.5 Å². The molecule has 0 fully saturated rings. The Bertz CT molecular complexity index is 3.25.